The number of thiazole rings is 1. The van der Waals surface area contributed by atoms with Crippen molar-refractivity contribution in [2.75, 3.05) is 5.32 Å². The fourth-order valence-electron chi connectivity index (χ4n) is 3.72. The van der Waals surface area contributed by atoms with Crippen LogP contribution < -0.4 is 5.32 Å². The summed E-state index contributed by atoms with van der Waals surface area (Å²) in [5.74, 6) is 0.218. The number of nitrogens with zero attached hydrogens (tertiary/aromatic N) is 1. The minimum atomic E-state index is -0.340. The Bertz CT molecular complexity index is 813. The van der Waals surface area contributed by atoms with Gasteiger partial charge in [-0.2, -0.15) is 0 Å². The van der Waals surface area contributed by atoms with Crippen LogP contribution in [0.25, 0.3) is 10.2 Å². The second-order valence-corrected chi connectivity index (χ2v) is 8.02. The van der Waals surface area contributed by atoms with Crippen LogP contribution in [0.4, 0.5) is 9.52 Å². The second-order valence-electron chi connectivity index (χ2n) is 7.02. The minimum Gasteiger partial charge on any atom is -0.391 e. The molecule has 1 aromatic carbocycles. The Labute approximate surface area is 151 Å². The lowest BCUT2D eigenvalue weighted by Crippen LogP contribution is -2.36. The molecule has 1 saturated carbocycles. The lowest BCUT2D eigenvalue weighted by Gasteiger charge is -2.27. The summed E-state index contributed by atoms with van der Waals surface area (Å²) >= 11 is 1.36. The third-order valence-corrected chi connectivity index (χ3v) is 6.16. The molecule has 3 nitrogen and oxygen atoms in total. The van der Waals surface area contributed by atoms with Crippen LogP contribution in [0.3, 0.4) is 0 Å². The highest BCUT2D eigenvalue weighted by atomic mass is 32.1. The molecule has 5 heteroatoms. The van der Waals surface area contributed by atoms with Crippen molar-refractivity contribution in [1.82, 2.24) is 4.98 Å². The van der Waals surface area contributed by atoms with Crippen molar-refractivity contribution in [3.8, 4) is 0 Å². The summed E-state index contributed by atoms with van der Waals surface area (Å²) in [5.41, 5.74) is 1.45. The predicted octanol–water partition coefficient (Wildman–Crippen LogP) is 4.83. The smallest absolute Gasteiger partial charge is 0.184 e. The van der Waals surface area contributed by atoms with Gasteiger partial charge in [-0.25, -0.2) is 9.37 Å². The molecule has 25 heavy (non-hydrogen) atoms. The SMILES string of the molecule is O[C@@H]1CCCC[C@H]1Nc1nc2ccc(CC3C=CC=CC3)c(F)c2s1. The number of nitrogens with one attached hydrogen (secondary N) is 1. The molecule has 2 aliphatic carbocycles. The van der Waals surface area contributed by atoms with Crippen molar-refractivity contribution >= 4 is 26.7 Å². The molecule has 2 aromatic rings. The van der Waals surface area contributed by atoms with Crippen LogP contribution in [0.5, 0.6) is 0 Å². The van der Waals surface area contributed by atoms with Crippen LogP contribution in [0, 0.1) is 11.7 Å². The summed E-state index contributed by atoms with van der Waals surface area (Å²) in [6.45, 7) is 0. The number of aliphatic hydroxyl groups excluding tert-OH is 1. The van der Waals surface area contributed by atoms with E-state index in [0.29, 0.717) is 27.7 Å². The van der Waals surface area contributed by atoms with Gasteiger partial charge in [0, 0.05) is 0 Å². The Morgan fingerprint density at radius 3 is 2.92 bits per heavy atom. The summed E-state index contributed by atoms with van der Waals surface area (Å²) in [4.78, 5) is 4.52. The van der Waals surface area contributed by atoms with E-state index in [4.69, 9.17) is 0 Å². The van der Waals surface area contributed by atoms with Crippen molar-refractivity contribution in [1.29, 1.82) is 0 Å². The van der Waals surface area contributed by atoms with Crippen molar-refractivity contribution < 1.29 is 9.50 Å². The molecule has 2 aliphatic rings. The molecule has 1 fully saturated rings. The standard InChI is InChI=1S/C20H23FN2OS/c21-18-14(12-13-6-2-1-3-7-13)10-11-16-19(18)25-20(23-16)22-15-8-4-5-9-17(15)24/h1-3,6,10-11,13,15,17,24H,4-5,7-9,12H2,(H,22,23)/t13?,15-,17-/m1/s1. The van der Waals surface area contributed by atoms with E-state index in [9.17, 15) is 9.50 Å². The van der Waals surface area contributed by atoms with Crippen molar-refractivity contribution in [2.24, 2.45) is 5.92 Å². The topological polar surface area (TPSA) is 45.1 Å². The van der Waals surface area contributed by atoms with Crippen LogP contribution in [0.2, 0.25) is 0 Å². The highest BCUT2D eigenvalue weighted by Crippen LogP contribution is 2.33. The third-order valence-electron chi connectivity index (χ3n) is 5.17. The molecule has 1 aromatic heterocycles. The van der Waals surface area contributed by atoms with Crippen LogP contribution in [-0.2, 0) is 6.42 Å². The number of allylic oxidation sites excluding steroid dienone is 4. The van der Waals surface area contributed by atoms with Gasteiger partial charge >= 0.3 is 0 Å². The number of hydrogen-bond donors (Lipinski definition) is 2. The number of halogens is 1. The van der Waals surface area contributed by atoms with E-state index >= 15 is 0 Å². The summed E-state index contributed by atoms with van der Waals surface area (Å²) in [6.07, 6.45) is 13.6. The first kappa shape index (κ1) is 16.7. The van der Waals surface area contributed by atoms with Gasteiger partial charge in [-0.15, -0.1) is 0 Å². The Balaban J connectivity index is 1.54. The molecule has 0 saturated heterocycles. The second kappa shape index (κ2) is 7.26. The van der Waals surface area contributed by atoms with Crippen LogP contribution in [0.15, 0.2) is 36.4 Å². The minimum absolute atomic E-state index is 0.0241. The molecule has 0 radical (unpaired) electrons. The summed E-state index contributed by atoms with van der Waals surface area (Å²) in [7, 11) is 0. The zero-order valence-electron chi connectivity index (χ0n) is 14.1. The van der Waals surface area contributed by atoms with E-state index in [2.05, 4.69) is 22.5 Å². The van der Waals surface area contributed by atoms with Crippen molar-refractivity contribution in [3.63, 3.8) is 0 Å². The Morgan fingerprint density at radius 1 is 1.24 bits per heavy atom. The molecule has 1 heterocycles. The maximum absolute atomic E-state index is 14.9. The quantitative estimate of drug-likeness (QED) is 0.823. The normalized spacial score (nSPS) is 26.2. The summed E-state index contributed by atoms with van der Waals surface area (Å²) < 4.78 is 15.6. The Hall–Kier alpha value is -1.72. The number of benzene rings is 1. The van der Waals surface area contributed by atoms with E-state index in [1.807, 2.05) is 24.3 Å². The van der Waals surface area contributed by atoms with Gasteiger partial charge in [0.05, 0.1) is 22.4 Å². The number of anilines is 1. The van der Waals surface area contributed by atoms with Crippen molar-refractivity contribution in [3.05, 3.63) is 47.8 Å². The van der Waals surface area contributed by atoms with Crippen molar-refractivity contribution in [2.45, 2.75) is 50.7 Å². The number of hydrogen-bond acceptors (Lipinski definition) is 4. The molecule has 0 bridgehead atoms. The summed E-state index contributed by atoms with van der Waals surface area (Å²) in [6, 6.07) is 3.80. The van der Waals surface area contributed by atoms with Gasteiger partial charge in [-0.1, -0.05) is 54.5 Å². The van der Waals surface area contributed by atoms with Gasteiger partial charge in [0.1, 0.15) is 5.82 Å². The van der Waals surface area contributed by atoms with Gasteiger partial charge in [-0.05, 0) is 43.2 Å². The Morgan fingerprint density at radius 2 is 2.12 bits per heavy atom. The number of aliphatic hydroxyl groups is 1. The maximum atomic E-state index is 14.9. The molecule has 0 aliphatic heterocycles. The highest BCUT2D eigenvalue weighted by molar-refractivity contribution is 7.22. The van der Waals surface area contributed by atoms with Crippen LogP contribution >= 0.6 is 11.3 Å². The number of fused-ring (bicyclic) bond motifs is 1. The fraction of sp³-hybridized carbons (Fsp3) is 0.450. The van der Waals surface area contributed by atoms with E-state index in [-0.39, 0.29) is 18.0 Å². The predicted molar refractivity (Wildman–Crippen MR) is 102 cm³/mol. The molecule has 4 rings (SSSR count). The lowest BCUT2D eigenvalue weighted by molar-refractivity contribution is 0.116. The monoisotopic (exact) mass is 358 g/mol. The highest BCUT2D eigenvalue weighted by Gasteiger charge is 2.24. The molecule has 0 amide bonds. The first-order valence-corrected chi connectivity index (χ1v) is 9.88. The lowest BCUT2D eigenvalue weighted by atomic mass is 9.93. The zero-order valence-corrected chi connectivity index (χ0v) is 14.9. The average molecular weight is 358 g/mol. The third kappa shape index (κ3) is 3.62. The summed E-state index contributed by atoms with van der Waals surface area (Å²) in [5, 5.41) is 14.1. The van der Waals surface area contributed by atoms with Gasteiger partial charge in [0.25, 0.3) is 0 Å². The van der Waals surface area contributed by atoms with Gasteiger partial charge in [0.2, 0.25) is 0 Å². The molecule has 132 valence electrons. The van der Waals surface area contributed by atoms with Gasteiger partial charge in [0.15, 0.2) is 5.13 Å². The Kier molecular flexibility index (Phi) is 4.86. The van der Waals surface area contributed by atoms with E-state index in [1.165, 1.54) is 11.3 Å². The first-order chi connectivity index (χ1) is 12.2. The van der Waals surface area contributed by atoms with Gasteiger partial charge < -0.3 is 10.4 Å². The molecular weight excluding hydrogens is 335 g/mol. The molecule has 2 N–H and O–H groups in total. The molecule has 1 unspecified atom stereocenters. The molecule has 0 spiro atoms. The molecular formula is C20H23FN2OS. The maximum Gasteiger partial charge on any atom is 0.184 e. The average Bonchev–Trinajstić information content (AvgIpc) is 3.04. The fourth-order valence-corrected chi connectivity index (χ4v) is 4.71. The van der Waals surface area contributed by atoms with Crippen LogP contribution in [0.1, 0.15) is 37.7 Å². The van der Waals surface area contributed by atoms with Crippen LogP contribution in [-0.4, -0.2) is 22.2 Å². The number of rotatable bonds is 4. The van der Waals surface area contributed by atoms with Gasteiger partial charge in [-0.3, -0.25) is 0 Å². The largest absolute Gasteiger partial charge is 0.391 e. The first-order valence-electron chi connectivity index (χ1n) is 9.06. The van der Waals surface area contributed by atoms with E-state index < -0.39 is 0 Å². The molecule has 3 atom stereocenters. The van der Waals surface area contributed by atoms with E-state index in [0.717, 1.165) is 37.7 Å². The zero-order chi connectivity index (χ0) is 17.2. The van der Waals surface area contributed by atoms with E-state index in [1.54, 1.807) is 0 Å². The number of aromatic nitrogens is 1.